The van der Waals surface area contributed by atoms with E-state index in [1.165, 1.54) is 12.0 Å². The molecule has 8 nitrogen and oxygen atoms in total. The first-order chi connectivity index (χ1) is 12.6. The minimum absolute atomic E-state index is 0.137. The summed E-state index contributed by atoms with van der Waals surface area (Å²) < 4.78 is 9.95. The van der Waals surface area contributed by atoms with E-state index in [4.69, 9.17) is 9.47 Å². The number of esters is 1. The molecule has 152 valence electrons. The van der Waals surface area contributed by atoms with Crippen LogP contribution in [0.3, 0.4) is 0 Å². The molecule has 0 aromatic carbocycles. The van der Waals surface area contributed by atoms with Gasteiger partial charge < -0.3 is 24.8 Å². The molecule has 0 radical (unpaired) electrons. The molecule has 1 saturated carbocycles. The lowest BCUT2D eigenvalue weighted by molar-refractivity contribution is -0.151. The Kier molecular flexibility index (Phi) is 6.86. The van der Waals surface area contributed by atoms with Gasteiger partial charge in [-0.2, -0.15) is 0 Å². The number of amides is 2. The zero-order valence-corrected chi connectivity index (χ0v) is 16.5. The van der Waals surface area contributed by atoms with Gasteiger partial charge in [0, 0.05) is 19.5 Å². The summed E-state index contributed by atoms with van der Waals surface area (Å²) in [5, 5.41) is 12.6. The first kappa shape index (κ1) is 21.2. The Hall–Kier alpha value is -2.09. The van der Waals surface area contributed by atoms with Crippen LogP contribution in [-0.4, -0.2) is 65.9 Å². The molecule has 1 aliphatic carbocycles. The summed E-state index contributed by atoms with van der Waals surface area (Å²) >= 11 is 0. The molecule has 1 heterocycles. The van der Waals surface area contributed by atoms with Crippen molar-refractivity contribution in [3.05, 3.63) is 11.6 Å². The third-order valence-electron chi connectivity index (χ3n) is 4.75. The Labute approximate surface area is 159 Å². The van der Waals surface area contributed by atoms with Gasteiger partial charge in [0.15, 0.2) is 0 Å². The second kappa shape index (κ2) is 8.73. The summed E-state index contributed by atoms with van der Waals surface area (Å²) in [6.07, 6.45) is 3.15. The van der Waals surface area contributed by atoms with Crippen molar-refractivity contribution in [2.45, 2.75) is 64.2 Å². The van der Waals surface area contributed by atoms with Crippen molar-refractivity contribution < 1.29 is 29.0 Å². The van der Waals surface area contributed by atoms with Crippen molar-refractivity contribution in [1.29, 1.82) is 0 Å². The number of methoxy groups -OCH3 is 1. The molecule has 0 bridgehead atoms. The molecule has 8 heteroatoms. The molecule has 1 unspecified atom stereocenters. The fourth-order valence-electron chi connectivity index (χ4n) is 3.59. The van der Waals surface area contributed by atoms with Crippen LogP contribution in [0, 0.1) is 5.92 Å². The first-order valence-corrected chi connectivity index (χ1v) is 9.34. The molecule has 1 aliphatic heterocycles. The minimum Gasteiger partial charge on any atom is -0.467 e. The van der Waals surface area contributed by atoms with E-state index in [9.17, 15) is 19.5 Å². The third kappa shape index (κ3) is 5.69. The summed E-state index contributed by atoms with van der Waals surface area (Å²) in [6.45, 7) is 5.78. The Balaban J connectivity index is 1.99. The molecule has 2 aliphatic rings. The molecule has 3 atom stereocenters. The number of rotatable bonds is 4. The highest BCUT2D eigenvalue weighted by Crippen LogP contribution is 2.34. The topological polar surface area (TPSA) is 105 Å². The highest BCUT2D eigenvalue weighted by atomic mass is 16.6. The lowest BCUT2D eigenvalue weighted by Crippen LogP contribution is -2.44. The van der Waals surface area contributed by atoms with Crippen LogP contribution >= 0.6 is 0 Å². The van der Waals surface area contributed by atoms with Crippen molar-refractivity contribution in [2.75, 3.05) is 20.2 Å². The molecule has 0 aromatic rings. The van der Waals surface area contributed by atoms with Gasteiger partial charge in [-0.1, -0.05) is 11.6 Å². The van der Waals surface area contributed by atoms with Crippen LogP contribution in [-0.2, 0) is 19.1 Å². The maximum absolute atomic E-state index is 13.0. The smallest absolute Gasteiger partial charge is 0.407 e. The van der Waals surface area contributed by atoms with Crippen LogP contribution in [0.25, 0.3) is 0 Å². The molecular formula is C19H30N2O6. The minimum atomic E-state index is -0.737. The van der Waals surface area contributed by atoms with Crippen molar-refractivity contribution in [3.63, 3.8) is 0 Å². The quantitative estimate of drug-likeness (QED) is 0.562. The van der Waals surface area contributed by atoms with Crippen molar-refractivity contribution in [3.8, 4) is 0 Å². The first-order valence-electron chi connectivity index (χ1n) is 9.34. The summed E-state index contributed by atoms with van der Waals surface area (Å²) in [5.74, 6) is -0.999. The molecule has 2 N–H and O–H groups in total. The predicted molar refractivity (Wildman–Crippen MR) is 97.8 cm³/mol. The normalized spacial score (nSPS) is 26.9. The molecule has 0 aromatic heterocycles. The van der Waals surface area contributed by atoms with E-state index in [1.807, 2.05) is 6.08 Å². The number of aliphatic hydroxyl groups is 1. The number of likely N-dealkylation sites (tertiary alicyclic amines) is 1. The van der Waals surface area contributed by atoms with Crippen LogP contribution in [0.15, 0.2) is 11.6 Å². The predicted octanol–water partition coefficient (Wildman–Crippen LogP) is 1.37. The number of nitrogens with zero attached hydrogens (tertiary/aromatic N) is 1. The summed E-state index contributed by atoms with van der Waals surface area (Å²) in [7, 11) is 1.28. The average Bonchev–Trinajstić information content (AvgIpc) is 3.18. The van der Waals surface area contributed by atoms with Gasteiger partial charge in [0.2, 0.25) is 5.91 Å². The van der Waals surface area contributed by atoms with Gasteiger partial charge in [-0.15, -0.1) is 0 Å². The van der Waals surface area contributed by atoms with Gasteiger partial charge in [0.1, 0.15) is 11.6 Å². The van der Waals surface area contributed by atoms with E-state index in [2.05, 4.69) is 5.32 Å². The highest BCUT2D eigenvalue weighted by Gasteiger charge is 2.43. The number of carbonyl (C=O) groups excluding carboxylic acids is 3. The number of carbonyl (C=O) groups is 3. The zero-order chi connectivity index (χ0) is 20.2. The number of alkyl carbamates (subject to hydrolysis) is 1. The van der Waals surface area contributed by atoms with Crippen LogP contribution in [0.4, 0.5) is 4.79 Å². The molecule has 0 spiro atoms. The van der Waals surface area contributed by atoms with E-state index < -0.39 is 29.8 Å². The number of aliphatic hydroxyl groups excluding tert-OH is 1. The largest absolute Gasteiger partial charge is 0.467 e. The van der Waals surface area contributed by atoms with Gasteiger partial charge in [-0.05, 0) is 40.0 Å². The van der Waals surface area contributed by atoms with Crippen molar-refractivity contribution in [2.24, 2.45) is 5.92 Å². The summed E-state index contributed by atoms with van der Waals surface area (Å²) in [4.78, 5) is 38.1. The summed E-state index contributed by atoms with van der Waals surface area (Å²) in [6, 6.07) is -0.737. The monoisotopic (exact) mass is 382 g/mol. The summed E-state index contributed by atoms with van der Waals surface area (Å²) in [5.41, 5.74) is 0.379. The van der Waals surface area contributed by atoms with Gasteiger partial charge in [-0.25, -0.2) is 9.59 Å². The van der Waals surface area contributed by atoms with Crippen molar-refractivity contribution >= 4 is 18.0 Å². The number of ether oxygens (including phenoxy) is 2. The SMILES string of the molecule is COC(=O)[C@@H]1C[C@@H](O)CN1C(=O)C1CCC/C1=C\CNC(=O)OC(C)(C)C. The second-order valence-corrected chi connectivity index (χ2v) is 8.03. The van der Waals surface area contributed by atoms with Gasteiger partial charge in [0.25, 0.3) is 0 Å². The number of hydrogen-bond donors (Lipinski definition) is 2. The standard InChI is InChI=1S/C19H30N2O6/c1-19(2,3)27-18(25)20-9-8-12-6-5-7-14(12)16(23)21-11-13(22)10-15(21)17(24)26-4/h8,13-15,22H,5-7,9-11H2,1-4H3,(H,20,25)/b12-8+/t13-,14?,15+/m1/s1. The van der Waals surface area contributed by atoms with E-state index in [1.54, 1.807) is 20.8 Å². The maximum atomic E-state index is 13.0. The lowest BCUT2D eigenvalue weighted by Gasteiger charge is -2.26. The van der Waals surface area contributed by atoms with Crippen LogP contribution < -0.4 is 5.32 Å². The number of β-amino-alcohol motifs (C(OH)–C–C–N with tert-alkyl or cyclic N) is 1. The molecule has 2 amide bonds. The molecule has 2 fully saturated rings. The van der Waals surface area contributed by atoms with Crippen LogP contribution in [0.2, 0.25) is 0 Å². The highest BCUT2D eigenvalue weighted by molar-refractivity contribution is 5.88. The fraction of sp³-hybridized carbons (Fsp3) is 0.737. The Morgan fingerprint density at radius 2 is 2.04 bits per heavy atom. The molecule has 1 saturated heterocycles. The zero-order valence-electron chi connectivity index (χ0n) is 16.5. The Morgan fingerprint density at radius 3 is 2.67 bits per heavy atom. The van der Waals surface area contributed by atoms with Crippen molar-refractivity contribution in [1.82, 2.24) is 10.2 Å². The van der Waals surface area contributed by atoms with E-state index in [0.717, 1.165) is 18.4 Å². The molecule has 27 heavy (non-hydrogen) atoms. The number of nitrogens with one attached hydrogen (secondary N) is 1. The molecular weight excluding hydrogens is 352 g/mol. The van der Waals surface area contributed by atoms with Crippen LogP contribution in [0.5, 0.6) is 0 Å². The van der Waals surface area contributed by atoms with Gasteiger partial charge in [0.05, 0.1) is 19.1 Å². The van der Waals surface area contributed by atoms with E-state index in [0.29, 0.717) is 6.42 Å². The second-order valence-electron chi connectivity index (χ2n) is 8.03. The average molecular weight is 382 g/mol. The lowest BCUT2D eigenvalue weighted by atomic mass is 10.00. The van der Waals surface area contributed by atoms with Gasteiger partial charge in [-0.3, -0.25) is 4.79 Å². The molecule has 2 rings (SSSR count). The number of hydrogen-bond acceptors (Lipinski definition) is 6. The van der Waals surface area contributed by atoms with Crippen LogP contribution in [0.1, 0.15) is 46.5 Å². The fourth-order valence-corrected chi connectivity index (χ4v) is 3.59. The Bertz CT molecular complexity index is 610. The third-order valence-corrected chi connectivity index (χ3v) is 4.75. The van der Waals surface area contributed by atoms with E-state index >= 15 is 0 Å². The maximum Gasteiger partial charge on any atom is 0.407 e. The Morgan fingerprint density at radius 1 is 1.33 bits per heavy atom. The van der Waals surface area contributed by atoms with E-state index in [-0.39, 0.29) is 31.3 Å². The van der Waals surface area contributed by atoms with Gasteiger partial charge >= 0.3 is 12.1 Å².